The Morgan fingerprint density at radius 2 is 2.11 bits per heavy atom. The first-order chi connectivity index (χ1) is 13.3. The molecule has 1 aromatic carbocycles. The minimum absolute atomic E-state index is 0.00577. The van der Waals surface area contributed by atoms with Gasteiger partial charge in [-0.2, -0.15) is 0 Å². The topological polar surface area (TPSA) is 134 Å². The van der Waals surface area contributed by atoms with Crippen LogP contribution in [0, 0.1) is 5.82 Å². The number of carbonyl (C=O) groups is 2. The highest BCUT2D eigenvalue weighted by Crippen LogP contribution is 2.33. The van der Waals surface area contributed by atoms with Gasteiger partial charge in [0, 0.05) is 25.1 Å². The van der Waals surface area contributed by atoms with Crippen LogP contribution >= 0.6 is 0 Å². The number of rotatable bonds is 5. The molecule has 0 amide bonds. The number of ether oxygens (including phenoxy) is 1. The van der Waals surface area contributed by atoms with E-state index < -0.39 is 17.8 Å². The number of aromatic carboxylic acids is 1. The zero-order valence-electron chi connectivity index (χ0n) is 15.5. The van der Waals surface area contributed by atoms with Crippen molar-refractivity contribution in [2.75, 3.05) is 25.5 Å². The van der Waals surface area contributed by atoms with E-state index in [9.17, 15) is 14.3 Å². The molecule has 1 aromatic heterocycles. The van der Waals surface area contributed by atoms with Crippen molar-refractivity contribution < 1.29 is 33.5 Å². The number of halogens is 1. The number of carboxylic acid groups (broad SMARTS) is 2. The highest BCUT2D eigenvalue weighted by Gasteiger charge is 2.26. The number of hydrogen-bond donors (Lipinski definition) is 4. The van der Waals surface area contributed by atoms with E-state index in [2.05, 4.69) is 15.8 Å². The third-order valence-electron chi connectivity index (χ3n) is 3.96. The second-order valence-electron chi connectivity index (χ2n) is 6.10. The van der Waals surface area contributed by atoms with E-state index >= 15 is 0 Å². The number of anilines is 1. The van der Waals surface area contributed by atoms with Gasteiger partial charge in [-0.25, -0.2) is 9.18 Å². The standard InChI is InChI=1S/C16H18FN3O4.C2H4O2/c1-23-12-7-9(4-5-11(12)17)14-13(16(21)22)15(20-24-14)19-10-3-2-6-18-8-10;1-2(3)4/h4-5,7,10,18H,2-3,6,8H2,1H3,(H,19,20)(H,21,22);1H3,(H,3,4)/t10-;/m1./s1. The highest BCUT2D eigenvalue weighted by atomic mass is 19.1. The number of aromatic nitrogens is 1. The van der Waals surface area contributed by atoms with Gasteiger partial charge >= 0.3 is 5.97 Å². The minimum Gasteiger partial charge on any atom is -0.494 e. The quantitative estimate of drug-likeness (QED) is 0.602. The third-order valence-corrected chi connectivity index (χ3v) is 3.96. The van der Waals surface area contributed by atoms with Crippen molar-refractivity contribution in [3.8, 4) is 17.1 Å². The molecule has 28 heavy (non-hydrogen) atoms. The van der Waals surface area contributed by atoms with Gasteiger partial charge in [-0.1, -0.05) is 5.16 Å². The molecule has 3 rings (SSSR count). The Hall–Kier alpha value is -3.14. The van der Waals surface area contributed by atoms with Crippen molar-refractivity contribution >= 4 is 17.8 Å². The van der Waals surface area contributed by atoms with Gasteiger partial charge in [0.05, 0.1) is 7.11 Å². The zero-order chi connectivity index (χ0) is 20.7. The Morgan fingerprint density at radius 3 is 2.68 bits per heavy atom. The van der Waals surface area contributed by atoms with Crippen molar-refractivity contribution in [3.05, 3.63) is 29.6 Å². The Labute approximate surface area is 160 Å². The second kappa shape index (κ2) is 9.70. The van der Waals surface area contributed by atoms with Crippen LogP contribution in [0.4, 0.5) is 10.2 Å². The summed E-state index contributed by atoms with van der Waals surface area (Å²) in [6.07, 6.45) is 1.92. The van der Waals surface area contributed by atoms with E-state index in [1.165, 1.54) is 25.3 Å². The highest BCUT2D eigenvalue weighted by molar-refractivity contribution is 5.99. The van der Waals surface area contributed by atoms with Crippen molar-refractivity contribution in [1.29, 1.82) is 0 Å². The Balaban J connectivity index is 0.000000640. The average Bonchev–Trinajstić information content (AvgIpc) is 3.06. The lowest BCUT2D eigenvalue weighted by Gasteiger charge is -2.23. The third kappa shape index (κ3) is 5.43. The Bertz CT molecular complexity index is 829. The molecule has 0 saturated carbocycles. The number of methoxy groups -OCH3 is 1. The molecule has 0 radical (unpaired) electrons. The van der Waals surface area contributed by atoms with E-state index in [0.29, 0.717) is 5.56 Å². The predicted molar refractivity (Wildman–Crippen MR) is 98.2 cm³/mol. The van der Waals surface area contributed by atoms with Crippen LogP contribution in [0.25, 0.3) is 11.3 Å². The molecular weight excluding hydrogens is 373 g/mol. The van der Waals surface area contributed by atoms with Crippen molar-refractivity contribution in [1.82, 2.24) is 10.5 Å². The summed E-state index contributed by atoms with van der Waals surface area (Å²) < 4.78 is 23.7. The molecule has 1 fully saturated rings. The maximum absolute atomic E-state index is 13.6. The monoisotopic (exact) mass is 395 g/mol. The first kappa shape index (κ1) is 21.2. The fraction of sp³-hybridized carbons (Fsp3) is 0.389. The molecule has 0 unspecified atom stereocenters. The van der Waals surface area contributed by atoms with Crippen LogP contribution < -0.4 is 15.4 Å². The summed E-state index contributed by atoms with van der Waals surface area (Å²) in [5, 5.41) is 27.2. The van der Waals surface area contributed by atoms with Gasteiger partial charge < -0.3 is 30.1 Å². The van der Waals surface area contributed by atoms with Crippen LogP contribution in [0.5, 0.6) is 5.75 Å². The van der Waals surface area contributed by atoms with Gasteiger partial charge in [0.1, 0.15) is 0 Å². The van der Waals surface area contributed by atoms with Crippen LogP contribution in [-0.4, -0.2) is 53.5 Å². The van der Waals surface area contributed by atoms with Gasteiger partial charge in [0.2, 0.25) is 0 Å². The fourth-order valence-corrected chi connectivity index (χ4v) is 2.75. The molecule has 1 aliphatic rings. The molecule has 4 N–H and O–H groups in total. The molecule has 10 heteroatoms. The van der Waals surface area contributed by atoms with E-state index in [-0.39, 0.29) is 28.9 Å². The van der Waals surface area contributed by atoms with Crippen LogP contribution in [0.15, 0.2) is 22.7 Å². The summed E-state index contributed by atoms with van der Waals surface area (Å²) in [7, 11) is 1.34. The van der Waals surface area contributed by atoms with Crippen molar-refractivity contribution in [3.63, 3.8) is 0 Å². The number of hydrogen-bond acceptors (Lipinski definition) is 7. The largest absolute Gasteiger partial charge is 0.494 e. The summed E-state index contributed by atoms with van der Waals surface area (Å²) in [4.78, 5) is 20.7. The average molecular weight is 395 g/mol. The SMILES string of the molecule is CC(=O)O.COc1cc(-c2onc(N[C@@H]3CCCNC3)c2C(=O)O)ccc1F. The molecule has 2 heterocycles. The first-order valence-electron chi connectivity index (χ1n) is 8.57. The molecule has 1 aliphatic heterocycles. The van der Waals surface area contributed by atoms with Crippen LogP contribution in [0.3, 0.4) is 0 Å². The summed E-state index contributed by atoms with van der Waals surface area (Å²) in [6.45, 7) is 2.76. The maximum atomic E-state index is 13.6. The number of piperidine rings is 1. The lowest BCUT2D eigenvalue weighted by atomic mass is 10.1. The number of nitrogens with one attached hydrogen (secondary N) is 2. The van der Waals surface area contributed by atoms with E-state index in [1.54, 1.807) is 0 Å². The van der Waals surface area contributed by atoms with Gasteiger partial charge in [-0.05, 0) is 37.6 Å². The molecule has 152 valence electrons. The molecule has 0 spiro atoms. The maximum Gasteiger partial charge on any atom is 0.343 e. The fourth-order valence-electron chi connectivity index (χ4n) is 2.75. The normalized spacial score (nSPS) is 15.9. The predicted octanol–water partition coefficient (Wildman–Crippen LogP) is 2.44. The van der Waals surface area contributed by atoms with Crippen LogP contribution in [-0.2, 0) is 4.79 Å². The minimum atomic E-state index is -1.17. The summed E-state index contributed by atoms with van der Waals surface area (Å²) in [5.74, 6) is -2.29. The molecule has 0 aliphatic carbocycles. The molecular formula is C18H22FN3O6. The summed E-state index contributed by atoms with van der Waals surface area (Å²) in [6, 6.07) is 4.09. The first-order valence-corrected chi connectivity index (χ1v) is 8.57. The van der Waals surface area contributed by atoms with E-state index in [1.807, 2.05) is 0 Å². The van der Waals surface area contributed by atoms with Crippen molar-refractivity contribution in [2.24, 2.45) is 0 Å². The van der Waals surface area contributed by atoms with Gasteiger partial charge in [0.25, 0.3) is 5.97 Å². The molecule has 0 bridgehead atoms. The number of carboxylic acids is 2. The summed E-state index contributed by atoms with van der Waals surface area (Å²) >= 11 is 0. The van der Waals surface area contributed by atoms with Crippen molar-refractivity contribution in [2.45, 2.75) is 25.8 Å². The summed E-state index contributed by atoms with van der Waals surface area (Å²) in [5.41, 5.74) is 0.308. The Kier molecular flexibility index (Phi) is 7.33. The molecule has 1 saturated heterocycles. The number of aliphatic carboxylic acids is 1. The van der Waals surface area contributed by atoms with Crippen LogP contribution in [0.1, 0.15) is 30.1 Å². The van der Waals surface area contributed by atoms with Gasteiger partial charge in [0.15, 0.2) is 28.7 Å². The van der Waals surface area contributed by atoms with Gasteiger partial charge in [-0.15, -0.1) is 0 Å². The number of nitrogens with zero attached hydrogens (tertiary/aromatic N) is 1. The van der Waals surface area contributed by atoms with Gasteiger partial charge in [-0.3, -0.25) is 4.79 Å². The Morgan fingerprint density at radius 1 is 1.39 bits per heavy atom. The lowest BCUT2D eigenvalue weighted by Crippen LogP contribution is -2.38. The van der Waals surface area contributed by atoms with E-state index in [0.717, 1.165) is 32.9 Å². The van der Waals surface area contributed by atoms with E-state index in [4.69, 9.17) is 19.2 Å². The van der Waals surface area contributed by atoms with Crippen LogP contribution in [0.2, 0.25) is 0 Å². The zero-order valence-corrected chi connectivity index (χ0v) is 15.5. The molecule has 1 atom stereocenters. The smallest absolute Gasteiger partial charge is 0.343 e. The lowest BCUT2D eigenvalue weighted by molar-refractivity contribution is -0.134. The number of benzene rings is 1. The molecule has 9 nitrogen and oxygen atoms in total. The second-order valence-corrected chi connectivity index (χ2v) is 6.10. The molecule has 2 aromatic rings.